The lowest BCUT2D eigenvalue weighted by molar-refractivity contribution is 0.102. The number of rotatable bonds is 11. The normalized spacial score (nSPS) is 11.9. The summed E-state index contributed by atoms with van der Waals surface area (Å²) in [6, 6.07) is 3.68. The van der Waals surface area contributed by atoms with E-state index in [1.807, 2.05) is 19.9 Å². The highest BCUT2D eigenvalue weighted by Crippen LogP contribution is 2.24. The number of aryl methyl sites for hydroxylation is 1. The molecule has 2 aromatic rings. The maximum absolute atomic E-state index is 12.5. The Kier molecular flexibility index (Phi) is 8.04. The Morgan fingerprint density at radius 3 is 2.78 bits per heavy atom. The third-order valence-corrected chi connectivity index (χ3v) is 6.84. The number of nitrogens with zero attached hydrogens (tertiary/aromatic N) is 2. The molecule has 0 aliphatic rings. The van der Waals surface area contributed by atoms with Crippen LogP contribution in [0.25, 0.3) is 0 Å². The number of methoxy groups -OCH3 is 1. The van der Waals surface area contributed by atoms with Crippen molar-refractivity contribution in [3.8, 4) is 0 Å². The van der Waals surface area contributed by atoms with Gasteiger partial charge in [-0.3, -0.25) is 4.79 Å². The zero-order valence-electron chi connectivity index (χ0n) is 15.9. The molecule has 0 aliphatic heterocycles. The summed E-state index contributed by atoms with van der Waals surface area (Å²) in [6.07, 6.45) is 1.70. The van der Waals surface area contributed by atoms with Crippen LogP contribution in [0.15, 0.2) is 17.3 Å². The summed E-state index contributed by atoms with van der Waals surface area (Å²) in [7, 11) is -1.53. The third-order valence-electron chi connectivity index (χ3n) is 3.95. The fourth-order valence-corrected chi connectivity index (χ4v) is 4.91. The van der Waals surface area contributed by atoms with E-state index in [0.717, 1.165) is 27.7 Å². The Hall–Kier alpha value is -1.20. The molecule has 2 heterocycles. The maximum atomic E-state index is 12.5. The molecule has 0 radical (unpaired) electrons. The molecule has 150 valence electrons. The Labute approximate surface area is 168 Å². The molecule has 0 spiro atoms. The van der Waals surface area contributed by atoms with Gasteiger partial charge in [0.15, 0.2) is 10.9 Å². The van der Waals surface area contributed by atoms with Crippen molar-refractivity contribution in [2.75, 3.05) is 32.3 Å². The van der Waals surface area contributed by atoms with E-state index >= 15 is 0 Å². The van der Waals surface area contributed by atoms with Crippen LogP contribution in [0.1, 0.15) is 25.9 Å². The number of thiophene rings is 1. The van der Waals surface area contributed by atoms with E-state index in [-0.39, 0.29) is 5.78 Å². The van der Waals surface area contributed by atoms with E-state index in [0.29, 0.717) is 36.7 Å². The van der Waals surface area contributed by atoms with Gasteiger partial charge in [0.1, 0.15) is 0 Å². The van der Waals surface area contributed by atoms with E-state index in [2.05, 4.69) is 14.3 Å². The van der Waals surface area contributed by atoms with Gasteiger partial charge >= 0.3 is 0 Å². The first-order valence-corrected chi connectivity index (χ1v) is 12.1. The highest BCUT2D eigenvalue weighted by molar-refractivity contribution is 7.99. The number of ether oxygens (including phenoxy) is 1. The van der Waals surface area contributed by atoms with Crippen LogP contribution < -0.4 is 4.72 Å². The number of aromatic nitrogens is 2. The van der Waals surface area contributed by atoms with Crippen molar-refractivity contribution in [3.05, 3.63) is 33.3 Å². The molecule has 0 aliphatic carbocycles. The number of hydrogen-bond donors (Lipinski definition) is 1. The van der Waals surface area contributed by atoms with Gasteiger partial charge in [0.2, 0.25) is 10.0 Å². The van der Waals surface area contributed by atoms with Crippen molar-refractivity contribution in [2.45, 2.75) is 32.0 Å². The monoisotopic (exact) mass is 431 g/mol. The van der Waals surface area contributed by atoms with Crippen molar-refractivity contribution in [1.82, 2.24) is 14.3 Å². The topological polar surface area (TPSA) is 90.3 Å². The molecule has 0 saturated heterocycles. The van der Waals surface area contributed by atoms with Gasteiger partial charge in [0.05, 0.1) is 29.2 Å². The zero-order valence-corrected chi connectivity index (χ0v) is 18.4. The summed E-state index contributed by atoms with van der Waals surface area (Å²) in [6.45, 7) is 5.60. The van der Waals surface area contributed by atoms with Crippen molar-refractivity contribution in [1.29, 1.82) is 0 Å². The average Bonchev–Trinajstić information content (AvgIpc) is 3.16. The minimum atomic E-state index is -3.19. The largest absolute Gasteiger partial charge is 0.383 e. The third kappa shape index (κ3) is 6.72. The summed E-state index contributed by atoms with van der Waals surface area (Å²) in [4.78, 5) is 18.7. The van der Waals surface area contributed by atoms with Crippen LogP contribution in [0.5, 0.6) is 0 Å². The molecule has 2 rings (SSSR count). The quantitative estimate of drug-likeness (QED) is 0.434. The van der Waals surface area contributed by atoms with E-state index in [1.165, 1.54) is 23.1 Å². The summed E-state index contributed by atoms with van der Waals surface area (Å²) in [5.74, 6) is 0.355. The summed E-state index contributed by atoms with van der Waals surface area (Å²) >= 11 is 2.84. The smallest absolute Gasteiger partial charge is 0.208 e. The SMILES string of the molecule is COCCn1c(SCC(=O)c2ccc(CCNS(C)(=O)=O)s2)nc(C)c1C. The Balaban J connectivity index is 1.94. The molecular weight excluding hydrogens is 406 g/mol. The molecule has 0 saturated carbocycles. The van der Waals surface area contributed by atoms with Crippen LogP contribution >= 0.6 is 23.1 Å². The zero-order chi connectivity index (χ0) is 20.0. The highest BCUT2D eigenvalue weighted by Gasteiger charge is 2.15. The predicted octanol–water partition coefficient (Wildman–Crippen LogP) is 2.27. The van der Waals surface area contributed by atoms with Gasteiger partial charge in [-0.25, -0.2) is 18.1 Å². The summed E-state index contributed by atoms with van der Waals surface area (Å²) < 4.78 is 31.9. The van der Waals surface area contributed by atoms with E-state index in [1.54, 1.807) is 13.2 Å². The van der Waals surface area contributed by atoms with E-state index < -0.39 is 10.0 Å². The first-order chi connectivity index (χ1) is 12.7. The van der Waals surface area contributed by atoms with Crippen LogP contribution in [0.3, 0.4) is 0 Å². The molecule has 0 aromatic carbocycles. The fraction of sp³-hybridized carbons (Fsp3) is 0.529. The second-order valence-electron chi connectivity index (χ2n) is 6.10. The van der Waals surface area contributed by atoms with Gasteiger partial charge in [-0.1, -0.05) is 11.8 Å². The van der Waals surface area contributed by atoms with Gasteiger partial charge in [-0.15, -0.1) is 11.3 Å². The van der Waals surface area contributed by atoms with Gasteiger partial charge in [-0.2, -0.15) is 0 Å². The van der Waals surface area contributed by atoms with Crippen molar-refractivity contribution in [3.63, 3.8) is 0 Å². The number of thioether (sulfide) groups is 1. The van der Waals surface area contributed by atoms with Gasteiger partial charge in [-0.05, 0) is 32.4 Å². The molecule has 1 N–H and O–H groups in total. The lowest BCUT2D eigenvalue weighted by atomic mass is 10.3. The predicted molar refractivity (Wildman–Crippen MR) is 110 cm³/mol. The van der Waals surface area contributed by atoms with Crippen LogP contribution in [0.2, 0.25) is 0 Å². The van der Waals surface area contributed by atoms with Gasteiger partial charge in [0, 0.05) is 30.8 Å². The van der Waals surface area contributed by atoms with Crippen LogP contribution in [-0.2, 0) is 27.7 Å². The number of carbonyl (C=O) groups excluding carboxylic acids is 1. The van der Waals surface area contributed by atoms with E-state index in [9.17, 15) is 13.2 Å². The molecule has 0 fully saturated rings. The molecule has 10 heteroatoms. The second-order valence-corrected chi connectivity index (χ2v) is 10.0. The number of sulfonamides is 1. The molecule has 7 nitrogen and oxygen atoms in total. The Morgan fingerprint density at radius 2 is 2.11 bits per heavy atom. The summed E-state index contributed by atoms with van der Waals surface area (Å²) in [5.41, 5.74) is 2.04. The maximum Gasteiger partial charge on any atom is 0.208 e. The Morgan fingerprint density at radius 1 is 1.37 bits per heavy atom. The second kappa shape index (κ2) is 9.83. The lowest BCUT2D eigenvalue weighted by Gasteiger charge is -2.08. The number of imidazole rings is 1. The van der Waals surface area contributed by atoms with Crippen molar-refractivity contribution in [2.24, 2.45) is 0 Å². The number of hydrogen-bond acceptors (Lipinski definition) is 7. The molecule has 0 unspecified atom stereocenters. The first kappa shape index (κ1) is 22.1. The van der Waals surface area contributed by atoms with Gasteiger partial charge < -0.3 is 9.30 Å². The van der Waals surface area contributed by atoms with Crippen LogP contribution in [0.4, 0.5) is 0 Å². The van der Waals surface area contributed by atoms with Gasteiger partial charge in [0.25, 0.3) is 0 Å². The molecule has 2 aromatic heterocycles. The molecule has 0 amide bonds. The number of Topliss-reactive ketones (excluding diaryl/α,β-unsaturated/α-hetero) is 1. The Bertz CT molecular complexity index is 887. The molecular formula is C17H25N3O4S3. The first-order valence-electron chi connectivity index (χ1n) is 8.43. The van der Waals surface area contributed by atoms with Crippen LogP contribution in [0, 0.1) is 13.8 Å². The average molecular weight is 432 g/mol. The molecule has 0 atom stereocenters. The molecule has 27 heavy (non-hydrogen) atoms. The fourth-order valence-electron chi connectivity index (χ4n) is 2.40. The number of ketones is 1. The van der Waals surface area contributed by atoms with E-state index in [4.69, 9.17) is 4.74 Å². The number of nitrogens with one attached hydrogen (secondary N) is 1. The minimum absolute atomic E-state index is 0.0453. The van der Waals surface area contributed by atoms with Crippen LogP contribution in [-0.4, -0.2) is 56.0 Å². The standard InChI is InChI=1S/C17H25N3O4S3/c1-12-13(2)20(9-10-24-3)17(19-12)25-11-15(21)16-6-5-14(26-16)7-8-18-27(4,22)23/h5-6,18H,7-11H2,1-4H3. The molecule has 0 bridgehead atoms. The van der Waals surface area contributed by atoms with Crippen molar-refractivity contribution >= 4 is 38.9 Å². The number of carbonyl (C=O) groups is 1. The van der Waals surface area contributed by atoms with Crippen molar-refractivity contribution < 1.29 is 17.9 Å². The lowest BCUT2D eigenvalue weighted by Crippen LogP contribution is -2.23. The summed E-state index contributed by atoms with van der Waals surface area (Å²) in [5, 5.41) is 0.824. The minimum Gasteiger partial charge on any atom is -0.383 e. The highest BCUT2D eigenvalue weighted by atomic mass is 32.2.